The van der Waals surface area contributed by atoms with Crippen molar-refractivity contribution in [3.05, 3.63) is 53.6 Å². The molecule has 0 radical (unpaired) electrons. The summed E-state index contributed by atoms with van der Waals surface area (Å²) < 4.78 is 12.5. The number of nitrogens with zero attached hydrogens (tertiary/aromatic N) is 4. The molecule has 0 saturated heterocycles. The lowest BCUT2D eigenvalue weighted by atomic mass is 10.2. The number of likely N-dealkylation sites (N-methyl/N-ethyl adjacent to an activating group) is 1. The molecule has 8 nitrogen and oxygen atoms in total. The zero-order valence-corrected chi connectivity index (χ0v) is 18.9. The van der Waals surface area contributed by atoms with E-state index in [9.17, 15) is 4.79 Å². The third-order valence-electron chi connectivity index (χ3n) is 4.35. The molecule has 0 aliphatic carbocycles. The van der Waals surface area contributed by atoms with Crippen LogP contribution in [0.1, 0.15) is 6.92 Å². The number of thioether (sulfide) groups is 1. The number of hydrogen-bond acceptors (Lipinski definition) is 7. The maximum Gasteiger partial charge on any atom is 0.232 e. The highest BCUT2D eigenvalue weighted by Crippen LogP contribution is 2.24. The molecule has 3 rings (SSSR count). The first kappa shape index (κ1) is 22.8. The zero-order chi connectivity index (χ0) is 22.2. The van der Waals surface area contributed by atoms with E-state index in [0.29, 0.717) is 41.5 Å². The number of amides is 1. The Morgan fingerprint density at radius 2 is 1.74 bits per heavy atom. The van der Waals surface area contributed by atoms with Crippen molar-refractivity contribution >= 4 is 29.3 Å². The van der Waals surface area contributed by atoms with Gasteiger partial charge in [0.1, 0.15) is 18.1 Å². The average Bonchev–Trinajstić information content (AvgIpc) is 3.14. The lowest BCUT2D eigenvalue weighted by Gasteiger charge is -2.17. The van der Waals surface area contributed by atoms with E-state index in [0.717, 1.165) is 11.3 Å². The van der Waals surface area contributed by atoms with Crippen molar-refractivity contribution in [1.29, 1.82) is 0 Å². The molecule has 0 unspecified atom stereocenters. The number of rotatable bonds is 10. The van der Waals surface area contributed by atoms with Crippen LogP contribution in [0.2, 0.25) is 5.02 Å². The number of hydrogen-bond donors (Lipinski definition) is 1. The summed E-state index contributed by atoms with van der Waals surface area (Å²) in [4.78, 5) is 14.0. The summed E-state index contributed by atoms with van der Waals surface area (Å²) in [5.41, 5.74) is 0.813. The molecular weight excluding hydrogens is 438 g/mol. The molecule has 0 bridgehead atoms. The van der Waals surface area contributed by atoms with E-state index in [1.54, 1.807) is 36.2 Å². The number of carbonyl (C=O) groups excluding carboxylic acids is 1. The fourth-order valence-corrected chi connectivity index (χ4v) is 3.55. The average molecular weight is 462 g/mol. The Bertz CT molecular complexity index is 995. The summed E-state index contributed by atoms with van der Waals surface area (Å²) in [7, 11) is 1.73. The van der Waals surface area contributed by atoms with Crippen LogP contribution < -0.4 is 15.3 Å². The van der Waals surface area contributed by atoms with E-state index in [2.05, 4.69) is 10.2 Å². The molecule has 164 valence electrons. The Morgan fingerprint density at radius 3 is 2.42 bits per heavy atom. The van der Waals surface area contributed by atoms with Crippen molar-refractivity contribution in [2.75, 3.05) is 38.4 Å². The topological polar surface area (TPSA) is 95.5 Å². The van der Waals surface area contributed by atoms with Crippen LogP contribution in [-0.2, 0) is 4.79 Å². The number of aromatic nitrogens is 3. The number of benzene rings is 2. The summed E-state index contributed by atoms with van der Waals surface area (Å²) in [6.45, 7) is 3.36. The second-order valence-corrected chi connectivity index (χ2v) is 7.92. The minimum absolute atomic E-state index is 0.0599. The predicted molar refractivity (Wildman–Crippen MR) is 122 cm³/mol. The molecule has 0 aliphatic rings. The summed E-state index contributed by atoms with van der Waals surface area (Å²) in [6, 6.07) is 14.5. The Balaban J connectivity index is 1.48. The smallest absolute Gasteiger partial charge is 0.232 e. The van der Waals surface area contributed by atoms with E-state index in [1.165, 1.54) is 16.4 Å². The predicted octanol–water partition coefficient (Wildman–Crippen LogP) is 3.34. The van der Waals surface area contributed by atoms with E-state index in [4.69, 9.17) is 26.9 Å². The first-order chi connectivity index (χ1) is 15.0. The molecular formula is C21H24ClN5O3S. The molecule has 2 N–H and O–H groups in total. The molecule has 1 amide bonds. The fraction of sp³-hybridized carbons (Fsp3) is 0.286. The third kappa shape index (κ3) is 6.28. The molecule has 0 aliphatic heterocycles. The van der Waals surface area contributed by atoms with Crippen molar-refractivity contribution in [3.63, 3.8) is 0 Å². The SMILES string of the molecule is CCOc1ccc(-c2nnc(SCC(=O)N(C)CCOc3ccc(Cl)cc3)n2N)cc1. The molecule has 0 saturated carbocycles. The molecule has 31 heavy (non-hydrogen) atoms. The second kappa shape index (κ2) is 10.9. The minimum Gasteiger partial charge on any atom is -0.494 e. The minimum atomic E-state index is -0.0599. The summed E-state index contributed by atoms with van der Waals surface area (Å²) in [5, 5.41) is 9.36. The van der Waals surface area contributed by atoms with Crippen LogP contribution in [0.3, 0.4) is 0 Å². The maximum absolute atomic E-state index is 12.4. The Kier molecular flexibility index (Phi) is 8.02. The standard InChI is InChI=1S/C21H24ClN5O3S/c1-3-29-17-8-4-15(5-9-17)20-24-25-21(27(20)23)31-14-19(28)26(2)12-13-30-18-10-6-16(22)7-11-18/h4-11H,3,12-14,23H2,1-2H3. The van der Waals surface area contributed by atoms with Gasteiger partial charge in [-0.15, -0.1) is 10.2 Å². The van der Waals surface area contributed by atoms with Gasteiger partial charge >= 0.3 is 0 Å². The van der Waals surface area contributed by atoms with Crippen LogP contribution in [0.4, 0.5) is 0 Å². The van der Waals surface area contributed by atoms with Crippen LogP contribution in [0.5, 0.6) is 11.5 Å². The Morgan fingerprint density at radius 1 is 1.10 bits per heavy atom. The first-order valence-electron chi connectivity index (χ1n) is 9.66. The third-order valence-corrected chi connectivity index (χ3v) is 5.53. The van der Waals surface area contributed by atoms with Crippen molar-refractivity contribution in [1.82, 2.24) is 19.8 Å². The van der Waals surface area contributed by atoms with Gasteiger partial charge in [-0.25, -0.2) is 4.68 Å². The summed E-state index contributed by atoms with van der Waals surface area (Å²) in [6.07, 6.45) is 0. The summed E-state index contributed by atoms with van der Waals surface area (Å²) in [5.74, 6) is 8.26. The zero-order valence-electron chi connectivity index (χ0n) is 17.3. The molecule has 3 aromatic rings. The quantitative estimate of drug-likeness (QED) is 0.365. The van der Waals surface area contributed by atoms with Gasteiger partial charge in [-0.1, -0.05) is 23.4 Å². The number of nitrogen functional groups attached to an aromatic ring is 1. The fourth-order valence-electron chi connectivity index (χ4n) is 2.63. The molecule has 0 fully saturated rings. The Labute approximate surface area is 190 Å². The van der Waals surface area contributed by atoms with Crippen molar-refractivity contribution in [2.24, 2.45) is 0 Å². The highest BCUT2D eigenvalue weighted by molar-refractivity contribution is 7.99. The lowest BCUT2D eigenvalue weighted by Crippen LogP contribution is -2.32. The van der Waals surface area contributed by atoms with Gasteiger partial charge in [0.05, 0.1) is 18.9 Å². The van der Waals surface area contributed by atoms with Crippen LogP contribution in [0.15, 0.2) is 53.7 Å². The van der Waals surface area contributed by atoms with Crippen LogP contribution in [-0.4, -0.2) is 58.2 Å². The normalized spacial score (nSPS) is 10.7. The van der Waals surface area contributed by atoms with Gasteiger partial charge in [-0.2, -0.15) is 0 Å². The van der Waals surface area contributed by atoms with Gasteiger partial charge in [-0.3, -0.25) is 4.79 Å². The van der Waals surface area contributed by atoms with Crippen LogP contribution >= 0.6 is 23.4 Å². The van der Waals surface area contributed by atoms with Crippen LogP contribution in [0.25, 0.3) is 11.4 Å². The highest BCUT2D eigenvalue weighted by Gasteiger charge is 2.16. The van der Waals surface area contributed by atoms with Gasteiger partial charge in [0.15, 0.2) is 5.82 Å². The van der Waals surface area contributed by atoms with Crippen LogP contribution in [0, 0.1) is 0 Å². The van der Waals surface area contributed by atoms with E-state index < -0.39 is 0 Å². The van der Waals surface area contributed by atoms with Gasteiger partial charge in [-0.05, 0) is 55.5 Å². The molecule has 10 heteroatoms. The molecule has 1 aromatic heterocycles. The highest BCUT2D eigenvalue weighted by atomic mass is 35.5. The van der Waals surface area contributed by atoms with E-state index in [1.807, 2.05) is 31.2 Å². The second-order valence-electron chi connectivity index (χ2n) is 6.54. The van der Waals surface area contributed by atoms with Crippen molar-refractivity contribution in [3.8, 4) is 22.9 Å². The number of halogens is 1. The van der Waals surface area contributed by atoms with Crippen molar-refractivity contribution in [2.45, 2.75) is 12.1 Å². The van der Waals surface area contributed by atoms with Gasteiger partial charge in [0, 0.05) is 17.6 Å². The Hall–Kier alpha value is -2.91. The summed E-state index contributed by atoms with van der Waals surface area (Å²) >= 11 is 7.09. The molecule has 1 heterocycles. The van der Waals surface area contributed by atoms with Gasteiger partial charge < -0.3 is 20.2 Å². The van der Waals surface area contributed by atoms with E-state index >= 15 is 0 Å². The lowest BCUT2D eigenvalue weighted by molar-refractivity contribution is -0.127. The van der Waals surface area contributed by atoms with Gasteiger partial charge in [0.25, 0.3) is 0 Å². The maximum atomic E-state index is 12.4. The number of ether oxygens (including phenoxy) is 2. The largest absolute Gasteiger partial charge is 0.494 e. The molecule has 0 atom stereocenters. The molecule has 2 aromatic carbocycles. The van der Waals surface area contributed by atoms with Gasteiger partial charge in [0.2, 0.25) is 11.1 Å². The number of carbonyl (C=O) groups is 1. The monoisotopic (exact) mass is 461 g/mol. The number of nitrogens with two attached hydrogens (primary N) is 1. The van der Waals surface area contributed by atoms with Crippen molar-refractivity contribution < 1.29 is 14.3 Å². The van der Waals surface area contributed by atoms with E-state index in [-0.39, 0.29) is 11.7 Å². The first-order valence-corrected chi connectivity index (χ1v) is 11.0. The molecule has 0 spiro atoms.